The number of thioether (sulfide) groups is 1. The molecule has 3 heterocycles. The van der Waals surface area contributed by atoms with Crippen molar-refractivity contribution in [3.8, 4) is 22.5 Å². The molecule has 0 amide bonds. The molecule has 0 aliphatic heterocycles. The van der Waals surface area contributed by atoms with Crippen LogP contribution in [-0.2, 0) is 0 Å². The third kappa shape index (κ3) is 2.59. The van der Waals surface area contributed by atoms with Crippen LogP contribution in [0.1, 0.15) is 0 Å². The van der Waals surface area contributed by atoms with Crippen LogP contribution in [0.3, 0.4) is 0 Å². The summed E-state index contributed by atoms with van der Waals surface area (Å²) in [6.45, 7) is 0. The van der Waals surface area contributed by atoms with E-state index in [4.69, 9.17) is 0 Å². The van der Waals surface area contributed by atoms with Gasteiger partial charge in [0.1, 0.15) is 0 Å². The minimum absolute atomic E-state index is 0.870. The fourth-order valence-electron chi connectivity index (χ4n) is 2.51. The first-order valence-electron chi connectivity index (χ1n) is 7.26. The predicted octanol–water partition coefficient (Wildman–Crippen LogP) is 4.18. The average Bonchev–Trinajstić information content (AvgIpc) is 3.10. The molecule has 3 aromatic heterocycles. The Morgan fingerprint density at radius 1 is 0.913 bits per heavy atom. The Balaban J connectivity index is 1.76. The summed E-state index contributed by atoms with van der Waals surface area (Å²) >= 11 is 1.58. The Morgan fingerprint density at radius 2 is 1.78 bits per heavy atom. The molecule has 112 valence electrons. The third-order valence-electron chi connectivity index (χ3n) is 3.67. The number of fused-ring (bicyclic) bond motifs is 1. The molecule has 0 N–H and O–H groups in total. The van der Waals surface area contributed by atoms with E-state index in [2.05, 4.69) is 33.3 Å². The SMILES string of the molecule is CSc1nc(-c2ccc(-c3ccccc3)nc2)cc2ccnn12. The monoisotopic (exact) mass is 318 g/mol. The van der Waals surface area contributed by atoms with Gasteiger partial charge < -0.3 is 0 Å². The van der Waals surface area contributed by atoms with Gasteiger partial charge in [0.05, 0.1) is 23.1 Å². The standard InChI is InChI=1S/C18H14N4S/c1-23-18-21-17(11-15-9-10-20-22(15)18)14-7-8-16(19-12-14)13-5-3-2-4-6-13/h2-12H,1H3. The average molecular weight is 318 g/mol. The zero-order valence-electron chi connectivity index (χ0n) is 12.5. The van der Waals surface area contributed by atoms with Gasteiger partial charge in [-0.25, -0.2) is 9.50 Å². The zero-order chi connectivity index (χ0) is 15.6. The molecule has 0 unspecified atom stereocenters. The Kier molecular flexibility index (Phi) is 3.55. The lowest BCUT2D eigenvalue weighted by molar-refractivity contribution is 0.799. The summed E-state index contributed by atoms with van der Waals surface area (Å²) in [6.07, 6.45) is 5.67. The maximum Gasteiger partial charge on any atom is 0.189 e. The van der Waals surface area contributed by atoms with Gasteiger partial charge in [-0.1, -0.05) is 42.1 Å². The smallest absolute Gasteiger partial charge is 0.189 e. The van der Waals surface area contributed by atoms with Crippen molar-refractivity contribution in [3.05, 3.63) is 67.0 Å². The first kappa shape index (κ1) is 14.0. The van der Waals surface area contributed by atoms with Gasteiger partial charge in [0.25, 0.3) is 0 Å². The fraction of sp³-hybridized carbons (Fsp3) is 0.0556. The fourth-order valence-corrected chi connectivity index (χ4v) is 3.03. The van der Waals surface area contributed by atoms with Crippen LogP contribution in [0.2, 0.25) is 0 Å². The van der Waals surface area contributed by atoms with Crippen molar-refractivity contribution in [1.82, 2.24) is 19.6 Å². The van der Waals surface area contributed by atoms with E-state index in [0.717, 1.165) is 33.2 Å². The summed E-state index contributed by atoms with van der Waals surface area (Å²) in [6, 6.07) is 18.3. The predicted molar refractivity (Wildman–Crippen MR) is 93.4 cm³/mol. The molecule has 0 aliphatic carbocycles. The van der Waals surface area contributed by atoms with Crippen LogP contribution in [0.4, 0.5) is 0 Å². The second kappa shape index (κ2) is 5.85. The second-order valence-electron chi connectivity index (χ2n) is 5.09. The van der Waals surface area contributed by atoms with Gasteiger partial charge in [-0.15, -0.1) is 0 Å². The lowest BCUT2D eigenvalue weighted by Crippen LogP contribution is -1.97. The molecule has 23 heavy (non-hydrogen) atoms. The number of aromatic nitrogens is 4. The molecule has 0 spiro atoms. The molecule has 1 aromatic carbocycles. The van der Waals surface area contributed by atoms with Crippen LogP contribution in [0.25, 0.3) is 28.0 Å². The molecule has 0 aliphatic rings. The van der Waals surface area contributed by atoms with Crippen LogP contribution in [0.15, 0.2) is 72.1 Å². The zero-order valence-corrected chi connectivity index (χ0v) is 13.4. The molecule has 4 rings (SSSR count). The van der Waals surface area contributed by atoms with Crippen molar-refractivity contribution in [2.24, 2.45) is 0 Å². The van der Waals surface area contributed by atoms with E-state index < -0.39 is 0 Å². The van der Waals surface area contributed by atoms with E-state index in [1.165, 1.54) is 0 Å². The molecular formula is C18H14N4S. The minimum Gasteiger partial charge on any atom is -0.256 e. The van der Waals surface area contributed by atoms with Crippen LogP contribution >= 0.6 is 11.8 Å². The molecule has 0 atom stereocenters. The van der Waals surface area contributed by atoms with Crippen molar-refractivity contribution in [2.75, 3.05) is 6.26 Å². The van der Waals surface area contributed by atoms with Crippen molar-refractivity contribution in [2.45, 2.75) is 5.16 Å². The summed E-state index contributed by atoms with van der Waals surface area (Å²) in [5.74, 6) is 0. The summed E-state index contributed by atoms with van der Waals surface area (Å²) in [7, 11) is 0. The second-order valence-corrected chi connectivity index (χ2v) is 5.87. The summed E-state index contributed by atoms with van der Waals surface area (Å²) in [5, 5.41) is 5.17. The molecule has 0 fully saturated rings. The Bertz CT molecular complexity index is 946. The Labute approximate surface area is 138 Å². The summed E-state index contributed by atoms with van der Waals surface area (Å²) in [5.41, 5.74) is 5.03. The number of rotatable bonds is 3. The normalized spacial score (nSPS) is 11.0. The number of nitrogens with zero attached hydrogens (tertiary/aromatic N) is 4. The molecule has 0 saturated carbocycles. The van der Waals surface area contributed by atoms with Crippen molar-refractivity contribution in [1.29, 1.82) is 0 Å². The maximum absolute atomic E-state index is 4.69. The van der Waals surface area contributed by atoms with E-state index >= 15 is 0 Å². The Hall–Kier alpha value is -2.66. The molecule has 4 nitrogen and oxygen atoms in total. The van der Waals surface area contributed by atoms with E-state index in [1.807, 2.05) is 53.4 Å². The summed E-state index contributed by atoms with van der Waals surface area (Å²) in [4.78, 5) is 9.27. The van der Waals surface area contributed by atoms with Crippen molar-refractivity contribution in [3.63, 3.8) is 0 Å². The van der Waals surface area contributed by atoms with Gasteiger partial charge in [-0.05, 0) is 30.5 Å². The van der Waals surface area contributed by atoms with Crippen molar-refractivity contribution < 1.29 is 0 Å². The van der Waals surface area contributed by atoms with Gasteiger partial charge in [-0.2, -0.15) is 5.10 Å². The molecule has 4 aromatic rings. The lowest BCUT2D eigenvalue weighted by Gasteiger charge is -2.07. The highest BCUT2D eigenvalue weighted by molar-refractivity contribution is 7.98. The molecule has 0 radical (unpaired) electrons. The van der Waals surface area contributed by atoms with E-state index in [1.54, 1.807) is 18.0 Å². The first-order valence-corrected chi connectivity index (χ1v) is 8.48. The van der Waals surface area contributed by atoms with E-state index in [9.17, 15) is 0 Å². The quantitative estimate of drug-likeness (QED) is 0.420. The number of hydrogen-bond donors (Lipinski definition) is 0. The molecule has 0 saturated heterocycles. The van der Waals surface area contributed by atoms with Crippen LogP contribution < -0.4 is 0 Å². The van der Waals surface area contributed by atoms with Crippen LogP contribution in [0, 0.1) is 0 Å². The van der Waals surface area contributed by atoms with Gasteiger partial charge in [-0.3, -0.25) is 4.98 Å². The van der Waals surface area contributed by atoms with Gasteiger partial charge in [0.15, 0.2) is 5.16 Å². The molecular weight excluding hydrogens is 304 g/mol. The number of pyridine rings is 1. The van der Waals surface area contributed by atoms with Gasteiger partial charge in [0, 0.05) is 17.3 Å². The Morgan fingerprint density at radius 3 is 2.52 bits per heavy atom. The van der Waals surface area contributed by atoms with E-state index in [-0.39, 0.29) is 0 Å². The maximum atomic E-state index is 4.69. The van der Waals surface area contributed by atoms with E-state index in [0.29, 0.717) is 0 Å². The largest absolute Gasteiger partial charge is 0.256 e. The van der Waals surface area contributed by atoms with Crippen LogP contribution in [0.5, 0.6) is 0 Å². The minimum atomic E-state index is 0.870. The highest BCUT2D eigenvalue weighted by atomic mass is 32.2. The molecule has 5 heteroatoms. The lowest BCUT2D eigenvalue weighted by atomic mass is 10.1. The van der Waals surface area contributed by atoms with Crippen molar-refractivity contribution >= 4 is 17.3 Å². The number of benzene rings is 1. The topological polar surface area (TPSA) is 43.1 Å². The van der Waals surface area contributed by atoms with Crippen LogP contribution in [-0.4, -0.2) is 25.8 Å². The summed E-state index contributed by atoms with van der Waals surface area (Å²) < 4.78 is 1.85. The highest BCUT2D eigenvalue weighted by Crippen LogP contribution is 2.24. The number of hydrogen-bond acceptors (Lipinski definition) is 4. The third-order valence-corrected chi connectivity index (χ3v) is 4.29. The van der Waals surface area contributed by atoms with Gasteiger partial charge >= 0.3 is 0 Å². The molecule has 0 bridgehead atoms. The first-order chi connectivity index (χ1) is 11.3. The van der Waals surface area contributed by atoms with Gasteiger partial charge in [0.2, 0.25) is 0 Å². The highest BCUT2D eigenvalue weighted by Gasteiger charge is 2.08.